The van der Waals surface area contributed by atoms with E-state index in [0.717, 1.165) is 0 Å². The van der Waals surface area contributed by atoms with Crippen LogP contribution >= 0.6 is 0 Å². The van der Waals surface area contributed by atoms with E-state index in [0.29, 0.717) is 0 Å². The van der Waals surface area contributed by atoms with E-state index < -0.39 is 20.8 Å². The first-order valence-corrected chi connectivity index (χ1v) is 6.98. The lowest BCUT2D eigenvalue weighted by atomic mass is 9.90. The average Bonchev–Trinajstić information content (AvgIpc) is 2.13. The number of hydrogen-bond acceptors (Lipinski definition) is 3. The first-order valence-electron chi connectivity index (χ1n) is 5.26. The molecule has 15 heavy (non-hydrogen) atoms. The molecule has 0 aliphatic rings. The Kier molecular flexibility index (Phi) is 5.20. The molecule has 0 amide bonds. The van der Waals surface area contributed by atoms with E-state index >= 15 is 0 Å². The number of alkyl halides is 1. The fourth-order valence-electron chi connectivity index (χ4n) is 1.17. The zero-order chi connectivity index (χ0) is 12.3. The molecule has 0 bridgehead atoms. The van der Waals surface area contributed by atoms with Gasteiger partial charge in [-0.1, -0.05) is 13.8 Å². The maximum Gasteiger partial charge on any atom is 0.152 e. The summed E-state index contributed by atoms with van der Waals surface area (Å²) in [7, 11) is -3.17. The summed E-state index contributed by atoms with van der Waals surface area (Å²) in [5.41, 5.74) is 3.78. The van der Waals surface area contributed by atoms with E-state index in [1.54, 1.807) is 27.7 Å². The zero-order valence-corrected chi connectivity index (χ0v) is 10.8. The van der Waals surface area contributed by atoms with Gasteiger partial charge in [0, 0.05) is 6.54 Å². The predicted octanol–water partition coefficient (Wildman–Crippen LogP) is 1.52. The van der Waals surface area contributed by atoms with Gasteiger partial charge in [0.2, 0.25) is 0 Å². The van der Waals surface area contributed by atoms with E-state index in [4.69, 9.17) is 5.73 Å². The molecule has 0 rings (SSSR count). The monoisotopic (exact) mass is 239 g/mol. The highest BCUT2D eigenvalue weighted by atomic mass is 32.2. The molecule has 0 aromatic heterocycles. The fraction of sp³-hybridized carbons (Fsp3) is 1.00. The van der Waals surface area contributed by atoms with E-state index in [9.17, 15) is 12.8 Å². The standard InChI is InChI=1S/C10H22FNO2S/c1-8(2)10(11,7-12)5-6-15(13,14)9(3)4/h8-9H,5-7,12H2,1-4H3. The largest absolute Gasteiger partial charge is 0.328 e. The smallest absolute Gasteiger partial charge is 0.152 e. The van der Waals surface area contributed by atoms with E-state index in [1.807, 2.05) is 0 Å². The topological polar surface area (TPSA) is 60.2 Å². The summed E-state index contributed by atoms with van der Waals surface area (Å²) in [4.78, 5) is 0. The molecule has 92 valence electrons. The Balaban J connectivity index is 4.50. The first kappa shape index (κ1) is 14.8. The molecule has 0 heterocycles. The molecule has 2 N–H and O–H groups in total. The van der Waals surface area contributed by atoms with Gasteiger partial charge in [0.25, 0.3) is 0 Å². The van der Waals surface area contributed by atoms with Crippen molar-refractivity contribution in [2.24, 2.45) is 11.7 Å². The van der Waals surface area contributed by atoms with Crippen LogP contribution in [0.2, 0.25) is 0 Å². The van der Waals surface area contributed by atoms with Crippen molar-refractivity contribution >= 4 is 9.84 Å². The molecule has 0 saturated carbocycles. The zero-order valence-electron chi connectivity index (χ0n) is 9.96. The lowest BCUT2D eigenvalue weighted by Crippen LogP contribution is -2.40. The van der Waals surface area contributed by atoms with Crippen LogP contribution in [0.3, 0.4) is 0 Å². The van der Waals surface area contributed by atoms with Crippen molar-refractivity contribution in [2.45, 2.75) is 45.0 Å². The summed E-state index contributed by atoms with van der Waals surface area (Å²) in [6.45, 7) is 6.52. The molecule has 0 aromatic carbocycles. The first-order chi connectivity index (χ1) is 6.65. The van der Waals surface area contributed by atoms with Crippen molar-refractivity contribution in [2.75, 3.05) is 12.3 Å². The molecule has 0 saturated heterocycles. The molecular weight excluding hydrogens is 217 g/mol. The Morgan fingerprint density at radius 3 is 2.00 bits per heavy atom. The van der Waals surface area contributed by atoms with Gasteiger partial charge in [-0.3, -0.25) is 0 Å². The van der Waals surface area contributed by atoms with Crippen molar-refractivity contribution in [1.82, 2.24) is 0 Å². The van der Waals surface area contributed by atoms with Crippen LogP contribution in [-0.2, 0) is 9.84 Å². The summed E-state index contributed by atoms with van der Waals surface area (Å²) < 4.78 is 37.1. The Morgan fingerprint density at radius 1 is 1.27 bits per heavy atom. The lowest BCUT2D eigenvalue weighted by Gasteiger charge is -2.28. The molecular formula is C10H22FNO2S. The van der Waals surface area contributed by atoms with Crippen LogP contribution in [0.4, 0.5) is 4.39 Å². The molecule has 5 heteroatoms. The van der Waals surface area contributed by atoms with Gasteiger partial charge in [0.1, 0.15) is 5.67 Å². The molecule has 0 aromatic rings. The highest BCUT2D eigenvalue weighted by Gasteiger charge is 2.34. The fourth-order valence-corrected chi connectivity index (χ4v) is 2.27. The molecule has 3 nitrogen and oxygen atoms in total. The quantitative estimate of drug-likeness (QED) is 0.764. The summed E-state index contributed by atoms with van der Waals surface area (Å²) >= 11 is 0. The molecule has 0 spiro atoms. The van der Waals surface area contributed by atoms with Crippen LogP contribution in [0.1, 0.15) is 34.1 Å². The second kappa shape index (κ2) is 5.25. The van der Waals surface area contributed by atoms with Gasteiger partial charge >= 0.3 is 0 Å². The van der Waals surface area contributed by atoms with Crippen LogP contribution < -0.4 is 5.73 Å². The van der Waals surface area contributed by atoms with Gasteiger partial charge in [0.05, 0.1) is 11.0 Å². The van der Waals surface area contributed by atoms with Gasteiger partial charge in [-0.25, -0.2) is 12.8 Å². The van der Waals surface area contributed by atoms with Gasteiger partial charge < -0.3 is 5.73 Å². The van der Waals surface area contributed by atoms with Crippen LogP contribution in [0, 0.1) is 5.92 Å². The Bertz CT molecular complexity index is 288. The summed E-state index contributed by atoms with van der Waals surface area (Å²) in [6.07, 6.45) is -0.0122. The molecule has 0 fully saturated rings. The maximum absolute atomic E-state index is 14.0. The highest BCUT2D eigenvalue weighted by Crippen LogP contribution is 2.26. The van der Waals surface area contributed by atoms with E-state index in [2.05, 4.69) is 0 Å². The molecule has 1 atom stereocenters. The molecule has 0 aliphatic heterocycles. The van der Waals surface area contributed by atoms with Gasteiger partial charge in [-0.05, 0) is 26.2 Å². The highest BCUT2D eigenvalue weighted by molar-refractivity contribution is 7.91. The molecule has 1 unspecified atom stereocenters. The normalized spacial score (nSPS) is 17.1. The van der Waals surface area contributed by atoms with Crippen molar-refractivity contribution in [3.8, 4) is 0 Å². The van der Waals surface area contributed by atoms with E-state index in [1.165, 1.54) is 0 Å². The van der Waals surface area contributed by atoms with Gasteiger partial charge in [-0.2, -0.15) is 0 Å². The average molecular weight is 239 g/mol. The molecule has 0 radical (unpaired) electrons. The minimum Gasteiger partial charge on any atom is -0.328 e. The third-order valence-corrected chi connectivity index (χ3v) is 5.10. The minimum atomic E-state index is -3.17. The third kappa shape index (κ3) is 4.07. The summed E-state index contributed by atoms with van der Waals surface area (Å²) in [6, 6.07) is 0. The van der Waals surface area contributed by atoms with E-state index in [-0.39, 0.29) is 24.6 Å². The second-order valence-corrected chi connectivity index (χ2v) is 7.24. The predicted molar refractivity (Wildman–Crippen MR) is 61.3 cm³/mol. The second-order valence-electron chi connectivity index (χ2n) is 4.56. The Labute approximate surface area is 92.2 Å². The summed E-state index contributed by atoms with van der Waals surface area (Å²) in [5.74, 6) is -0.388. The number of halogens is 1. The maximum atomic E-state index is 14.0. The number of rotatable bonds is 6. The van der Waals surface area contributed by atoms with Crippen LogP contribution in [-0.4, -0.2) is 31.6 Å². The number of sulfone groups is 1. The Hall–Kier alpha value is -0.160. The van der Waals surface area contributed by atoms with Crippen LogP contribution in [0.25, 0.3) is 0 Å². The van der Waals surface area contributed by atoms with Gasteiger partial charge in [0.15, 0.2) is 9.84 Å². The number of hydrogen-bond donors (Lipinski definition) is 1. The van der Waals surface area contributed by atoms with Crippen LogP contribution in [0.5, 0.6) is 0 Å². The van der Waals surface area contributed by atoms with Crippen LogP contribution in [0.15, 0.2) is 0 Å². The lowest BCUT2D eigenvalue weighted by molar-refractivity contribution is 0.106. The SMILES string of the molecule is CC(C)C(F)(CN)CCS(=O)(=O)C(C)C. The summed E-state index contributed by atoms with van der Waals surface area (Å²) in [5, 5.41) is -0.452. The molecule has 0 aliphatic carbocycles. The Morgan fingerprint density at radius 2 is 1.73 bits per heavy atom. The van der Waals surface area contributed by atoms with Crippen molar-refractivity contribution in [1.29, 1.82) is 0 Å². The third-order valence-electron chi connectivity index (χ3n) is 2.89. The van der Waals surface area contributed by atoms with Crippen molar-refractivity contribution < 1.29 is 12.8 Å². The number of nitrogens with two attached hydrogens (primary N) is 1. The van der Waals surface area contributed by atoms with Gasteiger partial charge in [-0.15, -0.1) is 0 Å². The minimum absolute atomic E-state index is 0.0122. The van der Waals surface area contributed by atoms with Crippen molar-refractivity contribution in [3.63, 3.8) is 0 Å². The van der Waals surface area contributed by atoms with Crippen molar-refractivity contribution in [3.05, 3.63) is 0 Å².